The second-order valence-corrected chi connectivity index (χ2v) is 4.78. The molecule has 0 aliphatic rings. The van der Waals surface area contributed by atoms with Gasteiger partial charge in [0.1, 0.15) is 5.69 Å². The Labute approximate surface area is 127 Å². The van der Waals surface area contributed by atoms with Crippen LogP contribution >= 0.6 is 11.6 Å². The Kier molecular flexibility index (Phi) is 4.79. The number of hydrogen-bond acceptors (Lipinski definition) is 2. The molecular weight excluding hydrogens is 290 g/mol. The van der Waals surface area contributed by atoms with Crippen LogP contribution in [0.2, 0.25) is 5.02 Å². The van der Waals surface area contributed by atoms with Crippen LogP contribution in [-0.4, -0.2) is 16.8 Å². The van der Waals surface area contributed by atoms with Gasteiger partial charge in [-0.2, -0.15) is 0 Å². The minimum atomic E-state index is -0.438. The molecule has 0 radical (unpaired) electrons. The quantitative estimate of drug-likeness (QED) is 0.602. The summed E-state index contributed by atoms with van der Waals surface area (Å²) in [5.74, 6) is -0.855. The number of rotatable bonds is 3. The zero-order valence-electron chi connectivity index (χ0n) is 11.3. The number of hydrogen-bond donors (Lipinski definition) is 3. The molecule has 0 saturated carbocycles. The number of aryl methyl sites for hydroxylation is 1. The number of nitrogens with one attached hydrogen (secondary N) is 3. The van der Waals surface area contributed by atoms with Gasteiger partial charge in [-0.25, -0.2) is 0 Å². The summed E-state index contributed by atoms with van der Waals surface area (Å²) in [6.07, 6.45) is 4.55. The standard InChI is InChI=1S/C15H14ClN3O2/c1-10-4-5-11(9-12(10)16)6-7-14(20)18-19-15(21)13-3-2-8-17-13/h2-9,17H,1H3,(H,18,20)(H,19,21)/b7-6+. The third-order valence-corrected chi connectivity index (χ3v) is 3.17. The van der Waals surface area contributed by atoms with Crippen molar-refractivity contribution in [3.63, 3.8) is 0 Å². The Morgan fingerprint density at radius 2 is 2.05 bits per heavy atom. The van der Waals surface area contributed by atoms with Gasteiger partial charge in [-0.05, 0) is 42.3 Å². The number of H-pyrrole nitrogens is 1. The van der Waals surface area contributed by atoms with Crippen LogP contribution in [0.1, 0.15) is 21.6 Å². The normalized spacial score (nSPS) is 10.6. The van der Waals surface area contributed by atoms with Gasteiger partial charge in [0, 0.05) is 17.3 Å². The summed E-state index contributed by atoms with van der Waals surface area (Å²) in [7, 11) is 0. The van der Waals surface area contributed by atoms with E-state index in [4.69, 9.17) is 11.6 Å². The average molecular weight is 304 g/mol. The van der Waals surface area contributed by atoms with Gasteiger partial charge < -0.3 is 4.98 Å². The van der Waals surface area contributed by atoms with E-state index in [-0.39, 0.29) is 0 Å². The lowest BCUT2D eigenvalue weighted by Crippen LogP contribution is -2.40. The van der Waals surface area contributed by atoms with Crippen molar-refractivity contribution < 1.29 is 9.59 Å². The molecule has 0 spiro atoms. The van der Waals surface area contributed by atoms with Crippen LogP contribution in [0.15, 0.2) is 42.6 Å². The van der Waals surface area contributed by atoms with E-state index in [2.05, 4.69) is 15.8 Å². The Bertz CT molecular complexity index is 678. The van der Waals surface area contributed by atoms with E-state index in [1.807, 2.05) is 19.1 Å². The monoisotopic (exact) mass is 303 g/mol. The first-order valence-corrected chi connectivity index (χ1v) is 6.62. The molecule has 1 aromatic heterocycles. The number of aromatic nitrogens is 1. The third kappa shape index (κ3) is 4.22. The molecule has 0 unspecified atom stereocenters. The highest BCUT2D eigenvalue weighted by molar-refractivity contribution is 6.31. The van der Waals surface area contributed by atoms with Gasteiger partial charge in [0.15, 0.2) is 0 Å². The number of carbonyl (C=O) groups excluding carboxylic acids is 2. The Morgan fingerprint density at radius 1 is 1.24 bits per heavy atom. The van der Waals surface area contributed by atoms with Crippen molar-refractivity contribution in [2.24, 2.45) is 0 Å². The molecule has 3 N–H and O–H groups in total. The number of halogens is 1. The second kappa shape index (κ2) is 6.76. The van der Waals surface area contributed by atoms with Gasteiger partial charge in [0.05, 0.1) is 0 Å². The molecule has 0 bridgehead atoms. The van der Waals surface area contributed by atoms with Crippen LogP contribution < -0.4 is 10.9 Å². The molecule has 108 valence electrons. The number of hydrazine groups is 1. The van der Waals surface area contributed by atoms with Gasteiger partial charge in [0.25, 0.3) is 11.8 Å². The Balaban J connectivity index is 1.88. The predicted octanol–water partition coefficient (Wildman–Crippen LogP) is 2.45. The highest BCUT2D eigenvalue weighted by atomic mass is 35.5. The topological polar surface area (TPSA) is 74.0 Å². The lowest BCUT2D eigenvalue weighted by atomic mass is 10.1. The van der Waals surface area contributed by atoms with Crippen molar-refractivity contribution in [2.45, 2.75) is 6.92 Å². The Morgan fingerprint density at radius 3 is 2.71 bits per heavy atom. The second-order valence-electron chi connectivity index (χ2n) is 4.37. The van der Waals surface area contributed by atoms with E-state index in [1.54, 1.807) is 30.5 Å². The van der Waals surface area contributed by atoms with E-state index >= 15 is 0 Å². The minimum Gasteiger partial charge on any atom is -0.357 e. The molecule has 0 atom stereocenters. The molecule has 6 heteroatoms. The highest BCUT2D eigenvalue weighted by Crippen LogP contribution is 2.17. The first-order chi connectivity index (χ1) is 10.1. The molecule has 21 heavy (non-hydrogen) atoms. The summed E-state index contributed by atoms with van der Waals surface area (Å²) in [5.41, 5.74) is 6.72. The largest absolute Gasteiger partial charge is 0.357 e. The zero-order chi connectivity index (χ0) is 15.2. The molecule has 0 saturated heterocycles. The van der Waals surface area contributed by atoms with Crippen molar-refractivity contribution in [1.29, 1.82) is 0 Å². The summed E-state index contributed by atoms with van der Waals surface area (Å²) in [4.78, 5) is 25.9. The predicted molar refractivity (Wildman–Crippen MR) is 81.6 cm³/mol. The van der Waals surface area contributed by atoms with Gasteiger partial charge in [-0.15, -0.1) is 0 Å². The summed E-state index contributed by atoms with van der Waals surface area (Å²) in [5, 5.41) is 0.637. The number of amides is 2. The van der Waals surface area contributed by atoms with Crippen LogP contribution in [0.5, 0.6) is 0 Å². The van der Waals surface area contributed by atoms with Crippen molar-refractivity contribution >= 4 is 29.5 Å². The number of aromatic amines is 1. The van der Waals surface area contributed by atoms with E-state index in [0.717, 1.165) is 11.1 Å². The maximum absolute atomic E-state index is 11.6. The summed E-state index contributed by atoms with van der Waals surface area (Å²) in [6, 6.07) is 8.77. The fourth-order valence-corrected chi connectivity index (χ4v) is 1.77. The van der Waals surface area contributed by atoms with Crippen molar-refractivity contribution in [3.05, 3.63) is 64.4 Å². The molecule has 2 amide bonds. The molecule has 2 aromatic rings. The van der Waals surface area contributed by atoms with Gasteiger partial charge in [-0.1, -0.05) is 23.7 Å². The van der Waals surface area contributed by atoms with Gasteiger partial charge >= 0.3 is 0 Å². The van der Waals surface area contributed by atoms with Crippen LogP contribution in [-0.2, 0) is 4.79 Å². The van der Waals surface area contributed by atoms with Crippen LogP contribution in [0.25, 0.3) is 6.08 Å². The third-order valence-electron chi connectivity index (χ3n) is 2.76. The zero-order valence-corrected chi connectivity index (χ0v) is 12.1. The molecular formula is C15H14ClN3O2. The van der Waals surface area contributed by atoms with Crippen LogP contribution in [0, 0.1) is 6.92 Å². The molecule has 1 aromatic carbocycles. The van der Waals surface area contributed by atoms with Crippen LogP contribution in [0.4, 0.5) is 0 Å². The maximum atomic E-state index is 11.6. The maximum Gasteiger partial charge on any atom is 0.286 e. The molecule has 0 aliphatic carbocycles. The van der Waals surface area contributed by atoms with Crippen molar-refractivity contribution in [2.75, 3.05) is 0 Å². The van der Waals surface area contributed by atoms with E-state index in [0.29, 0.717) is 10.7 Å². The lowest BCUT2D eigenvalue weighted by molar-refractivity contribution is -0.117. The van der Waals surface area contributed by atoms with E-state index in [1.165, 1.54) is 6.08 Å². The van der Waals surface area contributed by atoms with Crippen LogP contribution in [0.3, 0.4) is 0 Å². The summed E-state index contributed by atoms with van der Waals surface area (Å²) >= 11 is 5.99. The van der Waals surface area contributed by atoms with E-state index in [9.17, 15) is 9.59 Å². The number of carbonyl (C=O) groups is 2. The molecule has 2 rings (SSSR count). The fraction of sp³-hybridized carbons (Fsp3) is 0.0667. The van der Waals surface area contributed by atoms with Gasteiger partial charge in [0.2, 0.25) is 0 Å². The first kappa shape index (κ1) is 14.9. The van der Waals surface area contributed by atoms with Crippen molar-refractivity contribution in [1.82, 2.24) is 15.8 Å². The fourth-order valence-electron chi connectivity index (χ4n) is 1.58. The Hall–Kier alpha value is -2.53. The van der Waals surface area contributed by atoms with Gasteiger partial charge in [-0.3, -0.25) is 20.4 Å². The lowest BCUT2D eigenvalue weighted by Gasteiger charge is -2.03. The molecule has 0 fully saturated rings. The first-order valence-electron chi connectivity index (χ1n) is 6.24. The van der Waals surface area contributed by atoms with E-state index < -0.39 is 11.8 Å². The summed E-state index contributed by atoms with van der Waals surface area (Å²) in [6.45, 7) is 1.90. The average Bonchev–Trinajstić information content (AvgIpc) is 3.00. The molecule has 5 nitrogen and oxygen atoms in total. The summed E-state index contributed by atoms with van der Waals surface area (Å²) < 4.78 is 0. The minimum absolute atomic E-state index is 0.365. The smallest absolute Gasteiger partial charge is 0.286 e. The van der Waals surface area contributed by atoms with Crippen molar-refractivity contribution in [3.8, 4) is 0 Å². The molecule has 0 aliphatic heterocycles. The molecule has 1 heterocycles. The SMILES string of the molecule is Cc1ccc(/C=C/C(=O)NNC(=O)c2ccc[nH]2)cc1Cl. The number of benzene rings is 1. The highest BCUT2D eigenvalue weighted by Gasteiger charge is 2.05.